The Bertz CT molecular complexity index is 948. The van der Waals surface area contributed by atoms with E-state index < -0.39 is 45.2 Å². The van der Waals surface area contributed by atoms with Crippen LogP contribution in [0, 0.1) is 11.6 Å². The molecule has 2 aromatic carbocycles. The van der Waals surface area contributed by atoms with Crippen LogP contribution in [0.25, 0.3) is 0 Å². The first-order valence-corrected chi connectivity index (χ1v) is 11.5. The van der Waals surface area contributed by atoms with E-state index in [0.29, 0.717) is 32.2 Å². The molecule has 0 saturated carbocycles. The second kappa shape index (κ2) is 10.0. The lowest BCUT2D eigenvalue weighted by Crippen LogP contribution is -2.47. The van der Waals surface area contributed by atoms with Gasteiger partial charge in [0.05, 0.1) is 18.0 Å². The van der Waals surface area contributed by atoms with E-state index in [9.17, 15) is 32.5 Å². The van der Waals surface area contributed by atoms with Gasteiger partial charge in [-0.1, -0.05) is 30.3 Å². The van der Waals surface area contributed by atoms with Crippen molar-refractivity contribution in [3.05, 3.63) is 65.2 Å². The fourth-order valence-corrected chi connectivity index (χ4v) is 3.57. The SMILES string of the molecule is CC(C(O)c1cc(F)c(O)c(F)c1)N1CCC(O)(c2ccccc2)CC1.CS(=O)(=O)O. The van der Waals surface area contributed by atoms with Crippen LogP contribution in [0.3, 0.4) is 0 Å². The van der Waals surface area contributed by atoms with Crippen LogP contribution >= 0.6 is 0 Å². The molecular formula is C21H27F2NO6S. The van der Waals surface area contributed by atoms with Gasteiger partial charge in [0.25, 0.3) is 10.1 Å². The molecule has 1 fully saturated rings. The van der Waals surface area contributed by atoms with Crippen molar-refractivity contribution in [1.82, 2.24) is 4.90 Å². The first kappa shape index (κ1) is 25.2. The normalized spacial score (nSPS) is 18.5. The molecule has 2 atom stereocenters. The lowest BCUT2D eigenvalue weighted by atomic mass is 9.83. The van der Waals surface area contributed by atoms with Crippen molar-refractivity contribution in [2.75, 3.05) is 19.3 Å². The van der Waals surface area contributed by atoms with Crippen molar-refractivity contribution in [2.45, 2.75) is 37.5 Å². The number of phenols is 1. The Morgan fingerprint density at radius 1 is 1.06 bits per heavy atom. The molecule has 7 nitrogen and oxygen atoms in total. The maximum absolute atomic E-state index is 13.5. The molecule has 3 rings (SSSR count). The summed E-state index contributed by atoms with van der Waals surface area (Å²) in [5.41, 5.74) is 0.0452. The Balaban J connectivity index is 0.000000614. The number of hydrogen-bond donors (Lipinski definition) is 4. The van der Waals surface area contributed by atoms with E-state index in [1.165, 1.54) is 0 Å². The topological polar surface area (TPSA) is 118 Å². The average Bonchev–Trinajstić information content (AvgIpc) is 2.70. The van der Waals surface area contributed by atoms with E-state index in [1.807, 2.05) is 35.2 Å². The zero-order valence-corrected chi connectivity index (χ0v) is 18.1. The molecule has 0 bridgehead atoms. The van der Waals surface area contributed by atoms with Crippen molar-refractivity contribution in [3.63, 3.8) is 0 Å². The molecule has 4 N–H and O–H groups in total. The summed E-state index contributed by atoms with van der Waals surface area (Å²) in [5, 5.41) is 30.6. The van der Waals surface area contributed by atoms with Crippen molar-refractivity contribution >= 4 is 10.1 Å². The van der Waals surface area contributed by atoms with Gasteiger partial charge in [0.2, 0.25) is 0 Å². The number of likely N-dealkylation sites (tertiary alicyclic amines) is 1. The van der Waals surface area contributed by atoms with Crippen molar-refractivity contribution in [1.29, 1.82) is 0 Å². The van der Waals surface area contributed by atoms with Gasteiger partial charge in [0, 0.05) is 19.1 Å². The number of aliphatic hydroxyl groups is 2. The Morgan fingerprint density at radius 3 is 1.97 bits per heavy atom. The molecule has 172 valence electrons. The van der Waals surface area contributed by atoms with Gasteiger partial charge >= 0.3 is 0 Å². The molecule has 0 amide bonds. The van der Waals surface area contributed by atoms with Crippen LogP contribution < -0.4 is 0 Å². The van der Waals surface area contributed by atoms with Crippen molar-refractivity contribution in [2.24, 2.45) is 0 Å². The highest BCUT2D eigenvalue weighted by Crippen LogP contribution is 2.35. The van der Waals surface area contributed by atoms with Crippen molar-refractivity contribution < 1.29 is 37.1 Å². The van der Waals surface area contributed by atoms with Crippen molar-refractivity contribution in [3.8, 4) is 5.75 Å². The number of hydrogen-bond acceptors (Lipinski definition) is 6. The molecule has 1 aliphatic rings. The fraction of sp³-hybridized carbons (Fsp3) is 0.429. The number of aliphatic hydroxyl groups excluding tert-OH is 1. The van der Waals surface area contributed by atoms with Gasteiger partial charge in [-0.05, 0) is 43.0 Å². The molecule has 0 aromatic heterocycles. The molecule has 0 spiro atoms. The lowest BCUT2D eigenvalue weighted by Gasteiger charge is -2.42. The maximum Gasteiger partial charge on any atom is 0.261 e. The Morgan fingerprint density at radius 2 is 1.52 bits per heavy atom. The van der Waals surface area contributed by atoms with E-state index in [4.69, 9.17) is 4.55 Å². The summed E-state index contributed by atoms with van der Waals surface area (Å²) in [7, 11) is -3.67. The van der Waals surface area contributed by atoms with E-state index >= 15 is 0 Å². The highest BCUT2D eigenvalue weighted by molar-refractivity contribution is 7.85. The predicted octanol–water partition coefficient (Wildman–Crippen LogP) is 2.58. The van der Waals surface area contributed by atoms with Gasteiger partial charge in [0.1, 0.15) is 0 Å². The number of halogens is 2. The van der Waals surface area contributed by atoms with Gasteiger partial charge in [-0.2, -0.15) is 8.42 Å². The van der Waals surface area contributed by atoms with Crippen LogP contribution in [0.15, 0.2) is 42.5 Å². The predicted molar refractivity (Wildman–Crippen MR) is 111 cm³/mol. The molecule has 0 aliphatic carbocycles. The van der Waals surface area contributed by atoms with Gasteiger partial charge in [0.15, 0.2) is 17.4 Å². The molecule has 1 saturated heterocycles. The fourth-order valence-electron chi connectivity index (χ4n) is 3.57. The quantitative estimate of drug-likeness (QED) is 0.519. The molecule has 1 heterocycles. The molecular weight excluding hydrogens is 432 g/mol. The van der Waals surface area contributed by atoms with Gasteiger partial charge in [-0.15, -0.1) is 0 Å². The molecule has 10 heteroatoms. The smallest absolute Gasteiger partial charge is 0.261 e. The number of piperidine rings is 1. The molecule has 31 heavy (non-hydrogen) atoms. The van der Waals surface area contributed by atoms with E-state index in [0.717, 1.165) is 17.7 Å². The first-order chi connectivity index (χ1) is 14.3. The molecule has 2 aromatic rings. The highest BCUT2D eigenvalue weighted by atomic mass is 32.2. The zero-order valence-electron chi connectivity index (χ0n) is 17.2. The number of benzene rings is 2. The Kier molecular flexibility index (Phi) is 8.12. The van der Waals surface area contributed by atoms with Gasteiger partial charge < -0.3 is 15.3 Å². The summed E-state index contributed by atoms with van der Waals surface area (Å²) in [5.74, 6) is -3.23. The summed E-state index contributed by atoms with van der Waals surface area (Å²) in [6.45, 7) is 2.87. The largest absolute Gasteiger partial charge is 0.503 e. The summed E-state index contributed by atoms with van der Waals surface area (Å²) >= 11 is 0. The third kappa shape index (κ3) is 6.94. The number of nitrogens with zero attached hydrogens (tertiary/aromatic N) is 1. The lowest BCUT2D eigenvalue weighted by molar-refractivity contribution is -0.0502. The minimum atomic E-state index is -3.67. The summed E-state index contributed by atoms with van der Waals surface area (Å²) in [4.78, 5) is 1.99. The first-order valence-electron chi connectivity index (χ1n) is 9.62. The summed E-state index contributed by atoms with van der Waals surface area (Å²) in [6.07, 6.45) is 0.619. The van der Waals surface area contributed by atoms with E-state index in [-0.39, 0.29) is 5.56 Å². The number of phenolic OH excluding ortho intramolecular Hbond substituents is 1. The second-order valence-electron chi connectivity index (χ2n) is 7.69. The van der Waals surface area contributed by atoms with Crippen LogP contribution in [0.2, 0.25) is 0 Å². The molecule has 2 unspecified atom stereocenters. The van der Waals surface area contributed by atoms with Gasteiger partial charge in [-0.25, -0.2) is 8.78 Å². The number of rotatable bonds is 4. The third-order valence-electron chi connectivity index (χ3n) is 5.35. The van der Waals surface area contributed by atoms with Crippen LogP contribution in [-0.4, -0.2) is 58.6 Å². The minimum absolute atomic E-state index is 0.0780. The maximum atomic E-state index is 13.5. The number of aromatic hydroxyl groups is 1. The van der Waals surface area contributed by atoms with Crippen LogP contribution in [0.4, 0.5) is 8.78 Å². The van der Waals surface area contributed by atoms with Crippen LogP contribution in [0.5, 0.6) is 5.75 Å². The summed E-state index contributed by atoms with van der Waals surface area (Å²) in [6, 6.07) is 11.0. The molecule has 1 aliphatic heterocycles. The van der Waals surface area contributed by atoms with Crippen LogP contribution in [0.1, 0.15) is 37.0 Å². The second-order valence-corrected chi connectivity index (χ2v) is 9.15. The standard InChI is InChI=1S/C20H23F2NO3.CH4O3S/c1-13(18(24)14-11-16(21)19(25)17(22)12-14)23-9-7-20(26,8-10-23)15-5-3-2-4-6-15;1-5(2,3)4/h2-6,11-13,18,24-26H,7-10H2,1H3;1H3,(H,2,3,4). The Labute approximate surface area is 180 Å². The average molecular weight is 460 g/mol. The highest BCUT2D eigenvalue weighted by Gasteiger charge is 2.36. The monoisotopic (exact) mass is 459 g/mol. The van der Waals surface area contributed by atoms with E-state index in [1.54, 1.807) is 6.92 Å². The zero-order chi connectivity index (χ0) is 23.4. The molecule has 0 radical (unpaired) electrons. The van der Waals surface area contributed by atoms with Gasteiger partial charge in [-0.3, -0.25) is 9.45 Å². The van der Waals surface area contributed by atoms with E-state index in [2.05, 4.69) is 0 Å². The summed E-state index contributed by atoms with van der Waals surface area (Å²) < 4.78 is 53.0. The Hall–Kier alpha value is -2.11. The third-order valence-corrected chi connectivity index (χ3v) is 5.35. The van der Waals surface area contributed by atoms with Crippen LogP contribution in [-0.2, 0) is 15.7 Å². The minimum Gasteiger partial charge on any atom is -0.503 e.